The monoisotopic (exact) mass is 672 g/mol. The lowest BCUT2D eigenvalue weighted by molar-refractivity contribution is -0.118. The lowest BCUT2D eigenvalue weighted by Crippen LogP contribution is -2.27. The van der Waals surface area contributed by atoms with Crippen LogP contribution in [0.3, 0.4) is 0 Å². The van der Waals surface area contributed by atoms with Gasteiger partial charge in [0.05, 0.1) is 20.0 Å². The van der Waals surface area contributed by atoms with E-state index in [1.54, 1.807) is 36.5 Å². The number of amides is 3. The van der Waals surface area contributed by atoms with Crippen LogP contribution < -0.4 is 26.6 Å². The summed E-state index contributed by atoms with van der Waals surface area (Å²) in [5.41, 5.74) is 4.42. The van der Waals surface area contributed by atoms with Crippen LogP contribution in [0.2, 0.25) is 0 Å². The molecule has 1 fully saturated rings. The van der Waals surface area contributed by atoms with E-state index in [9.17, 15) is 13.8 Å². The third-order valence-electron chi connectivity index (χ3n) is 8.74. The molecule has 4 aromatic carbocycles. The normalized spacial score (nSPS) is 17.8. The average Bonchev–Trinajstić information content (AvgIpc) is 3.92. The van der Waals surface area contributed by atoms with Crippen LogP contribution in [0.15, 0.2) is 114 Å². The minimum Gasteiger partial charge on any atom is -0.369 e. The highest BCUT2D eigenvalue weighted by atomic mass is 32.2. The van der Waals surface area contributed by atoms with Crippen LogP contribution in [0.1, 0.15) is 31.2 Å². The van der Waals surface area contributed by atoms with E-state index in [0.717, 1.165) is 29.5 Å². The van der Waals surface area contributed by atoms with Gasteiger partial charge in [0.1, 0.15) is 5.82 Å². The van der Waals surface area contributed by atoms with Gasteiger partial charge in [-0.3, -0.25) is 4.79 Å². The molecule has 3 amide bonds. The Bertz CT molecular complexity index is 2100. The number of para-hydroxylation sites is 1. The Balaban J connectivity index is 1.12. The van der Waals surface area contributed by atoms with E-state index in [1.807, 2.05) is 72.8 Å². The molecule has 1 aliphatic carbocycles. The number of hydrogen-bond donors (Lipinski definition) is 6. The van der Waals surface area contributed by atoms with E-state index < -0.39 is 21.2 Å². The van der Waals surface area contributed by atoms with Gasteiger partial charge in [0.15, 0.2) is 0 Å². The summed E-state index contributed by atoms with van der Waals surface area (Å²) < 4.78 is 22.2. The van der Waals surface area contributed by atoms with Crippen LogP contribution in [0.4, 0.5) is 39.3 Å². The second kappa shape index (κ2) is 13.4. The summed E-state index contributed by atoms with van der Waals surface area (Å²) in [5, 5.41) is 15.2. The molecule has 11 nitrogen and oxygen atoms in total. The first-order chi connectivity index (χ1) is 23.8. The molecular formula is C37H36N8O3S. The predicted molar refractivity (Wildman–Crippen MR) is 194 cm³/mol. The van der Waals surface area contributed by atoms with Crippen LogP contribution in [-0.4, -0.2) is 38.4 Å². The van der Waals surface area contributed by atoms with E-state index in [-0.39, 0.29) is 11.7 Å². The van der Waals surface area contributed by atoms with Gasteiger partial charge in [-0.1, -0.05) is 60.7 Å². The molecule has 1 aliphatic heterocycles. The topological polar surface area (TPSA) is 161 Å². The van der Waals surface area contributed by atoms with Gasteiger partial charge in [0.2, 0.25) is 11.9 Å². The van der Waals surface area contributed by atoms with Crippen LogP contribution >= 0.6 is 0 Å². The van der Waals surface area contributed by atoms with Crippen molar-refractivity contribution in [3.05, 3.63) is 115 Å². The third kappa shape index (κ3) is 7.24. The number of aromatic nitrogens is 2. The number of nitrogens with one attached hydrogen (secondary N) is 6. The zero-order valence-electron chi connectivity index (χ0n) is 26.7. The van der Waals surface area contributed by atoms with Crippen molar-refractivity contribution < 1.29 is 13.8 Å². The molecule has 0 radical (unpaired) electrons. The minimum absolute atomic E-state index is 0.000731. The van der Waals surface area contributed by atoms with Gasteiger partial charge >= 0.3 is 6.03 Å². The highest BCUT2D eigenvalue weighted by molar-refractivity contribution is 7.92. The molecule has 1 unspecified atom stereocenters. The lowest BCUT2D eigenvalue weighted by Gasteiger charge is -2.16. The maximum atomic E-state index is 13.5. The van der Waals surface area contributed by atoms with Crippen molar-refractivity contribution in [2.24, 2.45) is 0 Å². The van der Waals surface area contributed by atoms with E-state index in [1.165, 1.54) is 0 Å². The zero-order chi connectivity index (χ0) is 33.8. The lowest BCUT2D eigenvalue weighted by atomic mass is 9.95. The summed E-state index contributed by atoms with van der Waals surface area (Å²) in [5.74, 6) is 1.07. The number of urea groups is 1. The molecule has 2 aliphatic rings. The Morgan fingerprint density at radius 1 is 0.796 bits per heavy atom. The number of nitrogens with zero attached hydrogens (tertiary/aromatic N) is 2. The largest absolute Gasteiger partial charge is 0.369 e. The molecule has 7 rings (SSSR count). The number of anilines is 6. The Morgan fingerprint density at radius 2 is 1.49 bits per heavy atom. The van der Waals surface area contributed by atoms with Crippen molar-refractivity contribution in [3.63, 3.8) is 0 Å². The number of rotatable bonds is 6. The van der Waals surface area contributed by atoms with Crippen molar-refractivity contribution in [2.45, 2.75) is 36.0 Å². The van der Waals surface area contributed by atoms with Crippen molar-refractivity contribution in [2.75, 3.05) is 38.9 Å². The molecule has 0 spiro atoms. The Hall–Kier alpha value is -5.75. The molecule has 4 bridgehead atoms. The Morgan fingerprint density at radius 3 is 2.22 bits per heavy atom. The Labute approximate surface area is 285 Å². The maximum absolute atomic E-state index is 13.5. The number of benzene rings is 4. The zero-order valence-corrected chi connectivity index (χ0v) is 27.5. The first-order valence-electron chi connectivity index (χ1n) is 16.2. The fourth-order valence-electron chi connectivity index (χ4n) is 5.93. The number of carbonyl (C=O) groups is 2. The molecule has 248 valence electrons. The first kappa shape index (κ1) is 31.8. The molecule has 6 N–H and O–H groups in total. The van der Waals surface area contributed by atoms with Gasteiger partial charge in [-0.05, 0) is 79.3 Å². The smallest absolute Gasteiger partial charge is 0.323 e. The summed E-state index contributed by atoms with van der Waals surface area (Å²) in [6, 6.07) is 31.0. The van der Waals surface area contributed by atoms with Gasteiger partial charge in [0, 0.05) is 46.8 Å². The van der Waals surface area contributed by atoms with Crippen molar-refractivity contribution in [3.8, 4) is 11.1 Å². The SMILES string of the molecule is N=S1(=O)CCCCNc2nc(ncc2-c2ccc(NC(=O)C3(c4ccccc4)CC3)cc2)Nc2cc(NC(=O)Nc3ccccc3)cc1c2. The van der Waals surface area contributed by atoms with Gasteiger partial charge in [-0.25, -0.2) is 18.8 Å². The molecule has 1 atom stereocenters. The maximum Gasteiger partial charge on any atom is 0.323 e. The van der Waals surface area contributed by atoms with Gasteiger partial charge in [-0.2, -0.15) is 4.98 Å². The number of carbonyl (C=O) groups excluding carboxylic acids is 2. The molecule has 1 aromatic heterocycles. The summed E-state index contributed by atoms with van der Waals surface area (Å²) in [6.07, 6.45) is 4.61. The standard InChI is InChI=1S/C37H36N8O3S/c38-49(48)20-8-7-19-39-33-32(25-13-15-28(16-14-25)41-34(46)37(17-18-37)26-9-3-1-4-10-26)24-40-35(45-33)42-29-21-30(23-31(49)22-29)44-36(47)43-27-11-5-2-6-12-27/h1-6,9-16,21-24,38H,7-8,17-20H2,(H,41,46)(H2,43,44,47)(H2,39,40,42,45). The molecular weight excluding hydrogens is 637 g/mol. The van der Waals surface area contributed by atoms with Crippen molar-refractivity contribution >= 4 is 56.2 Å². The summed E-state index contributed by atoms with van der Waals surface area (Å²) in [4.78, 5) is 35.7. The molecule has 5 aromatic rings. The second-order valence-electron chi connectivity index (χ2n) is 12.3. The van der Waals surface area contributed by atoms with E-state index in [0.29, 0.717) is 58.8 Å². The fourth-order valence-corrected chi connectivity index (χ4v) is 7.41. The quantitative estimate of drug-likeness (QED) is 0.107. The molecule has 12 heteroatoms. The van der Waals surface area contributed by atoms with Crippen LogP contribution in [0.25, 0.3) is 11.1 Å². The van der Waals surface area contributed by atoms with E-state index in [4.69, 9.17) is 9.76 Å². The highest BCUT2D eigenvalue weighted by Gasteiger charge is 2.51. The van der Waals surface area contributed by atoms with Gasteiger partial charge in [0.25, 0.3) is 0 Å². The minimum atomic E-state index is -3.15. The van der Waals surface area contributed by atoms with Crippen molar-refractivity contribution in [1.29, 1.82) is 4.78 Å². The molecule has 0 saturated heterocycles. The summed E-state index contributed by atoms with van der Waals surface area (Å²) >= 11 is 0. The number of hydrogen-bond acceptors (Lipinski definition) is 8. The van der Waals surface area contributed by atoms with E-state index >= 15 is 0 Å². The predicted octanol–water partition coefficient (Wildman–Crippen LogP) is 7.81. The summed E-state index contributed by atoms with van der Waals surface area (Å²) in [7, 11) is -3.15. The van der Waals surface area contributed by atoms with Gasteiger partial charge in [-0.15, -0.1) is 0 Å². The van der Waals surface area contributed by atoms with Crippen LogP contribution in [0.5, 0.6) is 0 Å². The third-order valence-corrected chi connectivity index (χ3v) is 10.6. The molecule has 49 heavy (non-hydrogen) atoms. The molecule has 1 saturated carbocycles. The Kier molecular flexibility index (Phi) is 8.70. The number of fused-ring (bicyclic) bond motifs is 4. The summed E-state index contributed by atoms with van der Waals surface area (Å²) in [6.45, 7) is 0.554. The van der Waals surface area contributed by atoms with Crippen LogP contribution in [0, 0.1) is 4.78 Å². The second-order valence-corrected chi connectivity index (χ2v) is 14.5. The van der Waals surface area contributed by atoms with Crippen LogP contribution in [-0.2, 0) is 19.9 Å². The highest BCUT2D eigenvalue weighted by Crippen LogP contribution is 2.49. The van der Waals surface area contributed by atoms with Crippen molar-refractivity contribution in [1.82, 2.24) is 9.97 Å². The average molecular weight is 673 g/mol. The fraction of sp³-hybridized carbons (Fsp3) is 0.189. The molecule has 2 heterocycles. The van der Waals surface area contributed by atoms with Gasteiger partial charge < -0.3 is 26.6 Å². The van der Waals surface area contributed by atoms with E-state index in [2.05, 4.69) is 31.6 Å². The first-order valence-corrected chi connectivity index (χ1v) is 17.9.